The lowest BCUT2D eigenvalue weighted by molar-refractivity contribution is -0.140. The Morgan fingerprint density at radius 1 is 0.661 bits per heavy atom. The van der Waals surface area contributed by atoms with Gasteiger partial charge in [-0.15, -0.1) is 0 Å². The highest BCUT2D eigenvalue weighted by Gasteiger charge is 2.31. The molecule has 4 amide bonds. The predicted octanol–water partition coefficient (Wildman–Crippen LogP) is 6.41. The summed E-state index contributed by atoms with van der Waals surface area (Å²) in [4.78, 5) is 69.7. The fourth-order valence-electron chi connectivity index (χ4n) is 5.60. The van der Waals surface area contributed by atoms with E-state index in [1.54, 1.807) is 18.2 Å². The Morgan fingerprint density at radius 3 is 1.64 bits per heavy atom. The third-order valence-corrected chi connectivity index (χ3v) is 10.7. The van der Waals surface area contributed by atoms with Gasteiger partial charge < -0.3 is 25.1 Å². The van der Waals surface area contributed by atoms with E-state index in [2.05, 4.69) is 20.1 Å². The van der Waals surface area contributed by atoms with E-state index in [0.717, 1.165) is 0 Å². The SMILES string of the molecule is COC(=O)Cc1ccc(Oc2cc3c(cc2N)C(=O)NC3=O)c(Cl)c1.O=C(O)Cc1ccc(Oc2cc3c(cc2NS(=O)(=O)c2ccc(Cl)cc2)C(=O)NC3=O)c(Cl)c1. The van der Waals surface area contributed by atoms with Gasteiger partial charge in [-0.05, 0) is 83.9 Å². The molecule has 0 aromatic heterocycles. The molecule has 0 spiro atoms. The highest BCUT2D eigenvalue weighted by molar-refractivity contribution is 7.92. The molecule has 0 saturated carbocycles. The summed E-state index contributed by atoms with van der Waals surface area (Å²) in [5, 5.41) is 13.9. The number of nitrogens with one attached hydrogen (secondary N) is 3. The van der Waals surface area contributed by atoms with E-state index in [9.17, 15) is 37.2 Å². The number of fused-ring (bicyclic) bond motifs is 2. The lowest BCUT2D eigenvalue weighted by atomic mass is 10.1. The van der Waals surface area contributed by atoms with Gasteiger partial charge in [0.2, 0.25) is 0 Å². The van der Waals surface area contributed by atoms with Crippen molar-refractivity contribution in [2.75, 3.05) is 17.6 Å². The van der Waals surface area contributed by atoms with Crippen LogP contribution in [0.25, 0.3) is 0 Å². The average Bonchev–Trinajstić information content (AvgIpc) is 3.60. The van der Waals surface area contributed by atoms with Crippen LogP contribution in [0.1, 0.15) is 52.6 Å². The number of aliphatic carboxylic acids is 1. The molecule has 0 bridgehead atoms. The second kappa shape index (κ2) is 17.1. The maximum absolute atomic E-state index is 12.9. The minimum atomic E-state index is -4.13. The number of hydrogen-bond acceptors (Lipinski definition) is 12. The molecule has 7 rings (SSSR count). The molecule has 0 radical (unpaired) electrons. The number of rotatable bonds is 11. The number of nitrogens with two attached hydrogens (primary N) is 1. The van der Waals surface area contributed by atoms with Crippen LogP contribution in [-0.2, 0) is 37.2 Å². The Bertz CT molecular complexity index is 2730. The fourth-order valence-corrected chi connectivity index (χ4v) is 7.27. The van der Waals surface area contributed by atoms with Crippen molar-refractivity contribution < 1.29 is 56.5 Å². The number of methoxy groups -OCH3 is 1. The molecular weight excluding hydrogens is 855 g/mol. The Morgan fingerprint density at radius 2 is 1.14 bits per heavy atom. The summed E-state index contributed by atoms with van der Waals surface area (Å²) in [5.41, 5.74) is 7.40. The summed E-state index contributed by atoms with van der Waals surface area (Å²) in [6.45, 7) is 0. The average molecular weight is 882 g/mol. The summed E-state index contributed by atoms with van der Waals surface area (Å²) >= 11 is 18.2. The molecule has 16 nitrogen and oxygen atoms in total. The predicted molar refractivity (Wildman–Crippen MR) is 213 cm³/mol. The molecule has 2 heterocycles. The first-order chi connectivity index (χ1) is 27.9. The Kier molecular flexibility index (Phi) is 12.1. The number of halogens is 3. The van der Waals surface area contributed by atoms with Gasteiger partial charge in [0, 0.05) is 5.02 Å². The number of sulfonamides is 1. The van der Waals surface area contributed by atoms with Crippen molar-refractivity contribution >= 4 is 91.8 Å². The fraction of sp³-hybridized carbons (Fsp3) is 0.0769. The maximum atomic E-state index is 12.9. The van der Waals surface area contributed by atoms with Crippen LogP contribution in [0.15, 0.2) is 89.8 Å². The summed E-state index contributed by atoms with van der Waals surface area (Å²) in [6.07, 6.45) is -0.174. The molecule has 0 aliphatic carbocycles. The van der Waals surface area contributed by atoms with Crippen LogP contribution in [0.5, 0.6) is 23.0 Å². The number of ether oxygens (including phenoxy) is 3. The minimum absolute atomic E-state index is 0.00643. The molecule has 20 heteroatoms. The van der Waals surface area contributed by atoms with Gasteiger partial charge >= 0.3 is 11.9 Å². The molecule has 302 valence electrons. The number of carbonyl (C=O) groups is 6. The number of nitrogen functional groups attached to an aromatic ring is 1. The summed E-state index contributed by atoms with van der Waals surface area (Å²) < 4.78 is 44.3. The second-order valence-corrected chi connectivity index (χ2v) is 15.4. The van der Waals surface area contributed by atoms with Crippen molar-refractivity contribution in [3.05, 3.63) is 133 Å². The normalized spacial score (nSPS) is 12.7. The van der Waals surface area contributed by atoms with Crippen LogP contribution in [-0.4, -0.2) is 56.2 Å². The van der Waals surface area contributed by atoms with Crippen molar-refractivity contribution in [3.63, 3.8) is 0 Å². The second-order valence-electron chi connectivity index (χ2n) is 12.5. The van der Waals surface area contributed by atoms with Gasteiger partial charge in [0.25, 0.3) is 33.7 Å². The van der Waals surface area contributed by atoms with Gasteiger partial charge in [0.15, 0.2) is 11.5 Å². The molecule has 0 fully saturated rings. The topological polar surface area (TPSA) is 247 Å². The van der Waals surface area contributed by atoms with Gasteiger partial charge in [-0.3, -0.25) is 44.1 Å². The van der Waals surface area contributed by atoms with Gasteiger partial charge in [0.1, 0.15) is 11.5 Å². The zero-order chi connectivity index (χ0) is 42.8. The van der Waals surface area contributed by atoms with Crippen molar-refractivity contribution in [2.24, 2.45) is 0 Å². The molecule has 5 aromatic rings. The smallest absolute Gasteiger partial charge is 0.309 e. The number of carboxylic acids is 1. The van der Waals surface area contributed by atoms with Crippen LogP contribution in [0.4, 0.5) is 11.4 Å². The number of esters is 1. The third kappa shape index (κ3) is 9.56. The quantitative estimate of drug-likeness (QED) is 0.0548. The lowest BCUT2D eigenvalue weighted by Crippen LogP contribution is -2.19. The maximum Gasteiger partial charge on any atom is 0.309 e. The number of carboxylic acid groups (broad SMARTS) is 1. The van der Waals surface area contributed by atoms with Gasteiger partial charge in [-0.25, -0.2) is 8.42 Å². The van der Waals surface area contributed by atoms with Crippen LogP contribution >= 0.6 is 34.8 Å². The zero-order valence-corrected chi connectivity index (χ0v) is 33.1. The highest BCUT2D eigenvalue weighted by atomic mass is 35.5. The first kappa shape index (κ1) is 42.0. The highest BCUT2D eigenvalue weighted by Crippen LogP contribution is 2.39. The molecule has 6 N–H and O–H groups in total. The number of hydrogen-bond donors (Lipinski definition) is 5. The van der Waals surface area contributed by atoms with E-state index in [1.165, 1.54) is 73.8 Å². The van der Waals surface area contributed by atoms with Crippen LogP contribution in [0, 0.1) is 0 Å². The number of anilines is 2. The zero-order valence-electron chi connectivity index (χ0n) is 30.1. The minimum Gasteiger partial charge on any atom is -0.481 e. The standard InChI is InChI=1S/C22H14Cl2N2O7S.C17H13ClN2O5/c23-12-2-4-13(5-3-12)34(31,32)26-17-9-14-15(22(30)25-21(14)29)10-19(17)33-18-6-1-11(7-16(18)24)8-20(27)28;1-24-15(21)5-8-2-3-13(11(18)4-8)25-14-7-10-9(6-12(14)19)16(22)20-17(10)23/h1-7,9-10,26H,8H2,(H,27,28)(H,25,29,30);2-4,6-7H,5,19H2,1H3,(H,20,22,23). The number of carbonyl (C=O) groups excluding carboxylic acids is 5. The molecule has 59 heavy (non-hydrogen) atoms. The molecule has 2 aliphatic rings. The van der Waals surface area contributed by atoms with Crippen molar-refractivity contribution in [2.45, 2.75) is 17.7 Å². The lowest BCUT2D eigenvalue weighted by Gasteiger charge is -2.16. The molecule has 0 unspecified atom stereocenters. The third-order valence-electron chi connectivity index (χ3n) is 8.43. The van der Waals surface area contributed by atoms with E-state index >= 15 is 0 Å². The van der Waals surface area contributed by atoms with E-state index in [-0.39, 0.29) is 84.6 Å². The van der Waals surface area contributed by atoms with Gasteiger partial charge in [0.05, 0.1) is 68.5 Å². The Labute approximate surface area is 349 Å². The van der Waals surface area contributed by atoms with Gasteiger partial charge in [-0.2, -0.15) is 0 Å². The molecule has 5 aromatic carbocycles. The number of amides is 4. The van der Waals surface area contributed by atoms with E-state index in [4.69, 9.17) is 55.1 Å². The van der Waals surface area contributed by atoms with Crippen LogP contribution in [0.2, 0.25) is 15.1 Å². The monoisotopic (exact) mass is 880 g/mol. The summed E-state index contributed by atoms with van der Waals surface area (Å²) in [6, 6.07) is 19.7. The van der Waals surface area contributed by atoms with Crippen LogP contribution in [0.3, 0.4) is 0 Å². The van der Waals surface area contributed by atoms with Gasteiger partial charge in [-0.1, -0.05) is 46.9 Å². The largest absolute Gasteiger partial charge is 0.481 e. The summed E-state index contributed by atoms with van der Waals surface area (Å²) in [5.74, 6) is -3.32. The van der Waals surface area contributed by atoms with Crippen molar-refractivity contribution in [1.29, 1.82) is 0 Å². The molecule has 0 atom stereocenters. The number of benzene rings is 5. The van der Waals surface area contributed by atoms with Crippen molar-refractivity contribution in [3.8, 4) is 23.0 Å². The van der Waals surface area contributed by atoms with Crippen LogP contribution < -0.4 is 30.6 Å². The number of imide groups is 2. The van der Waals surface area contributed by atoms with E-state index in [0.29, 0.717) is 21.9 Å². The molecule has 0 saturated heterocycles. The summed E-state index contributed by atoms with van der Waals surface area (Å²) in [7, 11) is -2.82. The Hall–Kier alpha value is -6.66. The van der Waals surface area contributed by atoms with Crippen molar-refractivity contribution in [1.82, 2.24) is 10.6 Å². The Balaban J connectivity index is 0.000000208. The first-order valence-corrected chi connectivity index (χ1v) is 19.4. The first-order valence-electron chi connectivity index (χ1n) is 16.7. The van der Waals surface area contributed by atoms with E-state index < -0.39 is 39.6 Å². The molecule has 2 aliphatic heterocycles. The van der Waals surface area contributed by atoms with E-state index in [1.807, 2.05) is 0 Å². The molecular formula is C39H27Cl3N4O12S.